The molecular formula is C6H12N2O2S2. The summed E-state index contributed by atoms with van der Waals surface area (Å²) in [7, 11) is 0. The molecule has 12 heavy (non-hydrogen) atoms. The highest BCUT2D eigenvalue weighted by atomic mass is 32.1. The minimum absolute atomic E-state index is 0.104. The van der Waals surface area contributed by atoms with Gasteiger partial charge in [-0.25, -0.2) is 0 Å². The Hall–Kier alpha value is -0.880. The Morgan fingerprint density at radius 3 is 2.17 bits per heavy atom. The maximum Gasteiger partial charge on any atom is 0.253 e. The number of ether oxygens (including phenoxy) is 1. The SMILES string of the molecule is C=CCCOC(N)=S.NC(O)=S. The van der Waals surface area contributed by atoms with Crippen LogP contribution in [0, 0.1) is 0 Å². The van der Waals surface area contributed by atoms with Crippen LogP contribution >= 0.6 is 24.4 Å². The number of nitrogens with two attached hydrogens (primary N) is 2. The fourth-order valence-electron chi connectivity index (χ4n) is 0.243. The molecule has 4 nitrogen and oxygen atoms in total. The zero-order chi connectivity index (χ0) is 9.98. The summed E-state index contributed by atoms with van der Waals surface area (Å²) in [6.07, 6.45) is 2.54. The molecule has 0 aliphatic rings. The van der Waals surface area contributed by atoms with Crippen molar-refractivity contribution in [2.24, 2.45) is 11.5 Å². The van der Waals surface area contributed by atoms with Gasteiger partial charge >= 0.3 is 0 Å². The average Bonchev–Trinajstić information content (AvgIpc) is 1.86. The normalized spacial score (nSPS) is 7.33. The highest BCUT2D eigenvalue weighted by Crippen LogP contribution is 1.81. The Bertz CT molecular complexity index is 158. The number of hydrogen-bond acceptors (Lipinski definition) is 3. The summed E-state index contributed by atoms with van der Waals surface area (Å²) in [5.74, 6) is 0. The van der Waals surface area contributed by atoms with E-state index in [1.165, 1.54) is 0 Å². The first kappa shape index (κ1) is 13.7. The molecule has 0 amide bonds. The first-order chi connectivity index (χ1) is 5.50. The fraction of sp³-hybridized carbons (Fsp3) is 0.333. The molecule has 0 aliphatic carbocycles. The maximum absolute atomic E-state index is 7.56. The van der Waals surface area contributed by atoms with Crippen LogP contribution in [0.1, 0.15) is 6.42 Å². The van der Waals surface area contributed by atoms with Crippen molar-refractivity contribution in [1.29, 1.82) is 0 Å². The van der Waals surface area contributed by atoms with Crippen LogP contribution < -0.4 is 11.5 Å². The first-order valence-electron chi connectivity index (χ1n) is 3.02. The standard InChI is InChI=1S/C5H9NOS.CH3NOS/c1-2-3-4-7-5(6)8;2-1(3)4/h2H,1,3-4H2,(H2,6,8);(H3,2,3,4). The smallest absolute Gasteiger partial charge is 0.253 e. The molecule has 0 bridgehead atoms. The number of hydrogen-bond donors (Lipinski definition) is 3. The van der Waals surface area contributed by atoms with Gasteiger partial charge in [-0.05, 0) is 30.9 Å². The van der Waals surface area contributed by atoms with Gasteiger partial charge in [-0.15, -0.1) is 6.58 Å². The third kappa shape index (κ3) is 35.4. The predicted molar refractivity (Wildman–Crippen MR) is 57.0 cm³/mol. The van der Waals surface area contributed by atoms with E-state index in [1.54, 1.807) is 6.08 Å². The second kappa shape index (κ2) is 10.1. The summed E-state index contributed by atoms with van der Waals surface area (Å²) in [6, 6.07) is 0. The lowest BCUT2D eigenvalue weighted by molar-refractivity contribution is 0.316. The molecule has 0 saturated heterocycles. The number of aliphatic hydroxyl groups is 1. The van der Waals surface area contributed by atoms with E-state index in [1.807, 2.05) is 0 Å². The summed E-state index contributed by atoms with van der Waals surface area (Å²) in [5, 5.41) is 7.17. The van der Waals surface area contributed by atoms with Gasteiger partial charge in [0, 0.05) is 0 Å². The summed E-state index contributed by atoms with van der Waals surface area (Å²) >= 11 is 8.30. The third-order valence-corrected chi connectivity index (χ3v) is 0.684. The van der Waals surface area contributed by atoms with Gasteiger partial charge < -0.3 is 21.3 Å². The predicted octanol–water partition coefficient (Wildman–Crippen LogP) is 0.611. The average molecular weight is 208 g/mol. The lowest BCUT2D eigenvalue weighted by atomic mass is 10.5. The Morgan fingerprint density at radius 1 is 1.50 bits per heavy atom. The van der Waals surface area contributed by atoms with Crippen LogP contribution in [0.15, 0.2) is 12.7 Å². The van der Waals surface area contributed by atoms with Crippen LogP contribution in [0.5, 0.6) is 0 Å². The monoisotopic (exact) mass is 208 g/mol. The molecular weight excluding hydrogens is 196 g/mol. The molecule has 6 heteroatoms. The second-order valence-corrected chi connectivity index (χ2v) is 2.40. The van der Waals surface area contributed by atoms with E-state index in [0.717, 1.165) is 6.42 Å². The topological polar surface area (TPSA) is 81.5 Å². The van der Waals surface area contributed by atoms with Gasteiger partial charge in [0.05, 0.1) is 6.61 Å². The largest absolute Gasteiger partial charge is 0.487 e. The summed E-state index contributed by atoms with van der Waals surface area (Å²) < 4.78 is 4.72. The zero-order valence-electron chi connectivity index (χ0n) is 6.53. The second-order valence-electron chi connectivity index (χ2n) is 1.58. The van der Waals surface area contributed by atoms with Gasteiger partial charge in [-0.3, -0.25) is 0 Å². The molecule has 0 fully saturated rings. The Morgan fingerprint density at radius 2 is 1.92 bits per heavy atom. The van der Waals surface area contributed by atoms with Crippen molar-refractivity contribution in [1.82, 2.24) is 0 Å². The molecule has 0 aromatic heterocycles. The minimum Gasteiger partial charge on any atom is -0.487 e. The quantitative estimate of drug-likeness (QED) is 0.358. The van der Waals surface area contributed by atoms with Crippen LogP contribution in [0.25, 0.3) is 0 Å². The summed E-state index contributed by atoms with van der Waals surface area (Å²) in [5.41, 5.74) is 9.41. The van der Waals surface area contributed by atoms with E-state index in [9.17, 15) is 0 Å². The lowest BCUT2D eigenvalue weighted by Crippen LogP contribution is -2.12. The maximum atomic E-state index is 7.56. The van der Waals surface area contributed by atoms with Crippen LogP contribution in [0.3, 0.4) is 0 Å². The Kier molecular flexibility index (Phi) is 11.5. The van der Waals surface area contributed by atoms with Crippen molar-refractivity contribution in [3.63, 3.8) is 0 Å². The molecule has 5 N–H and O–H groups in total. The van der Waals surface area contributed by atoms with E-state index in [0.29, 0.717) is 6.61 Å². The molecule has 0 spiro atoms. The Balaban J connectivity index is 0. The molecule has 0 aliphatic heterocycles. The van der Waals surface area contributed by atoms with Gasteiger partial charge in [0.25, 0.3) is 10.3 Å². The van der Waals surface area contributed by atoms with E-state index in [-0.39, 0.29) is 5.17 Å². The van der Waals surface area contributed by atoms with Crippen molar-refractivity contribution >= 4 is 34.8 Å². The summed E-state index contributed by atoms with van der Waals surface area (Å²) in [6.45, 7) is 4.03. The molecule has 0 saturated carbocycles. The van der Waals surface area contributed by atoms with Gasteiger partial charge in [0.1, 0.15) is 0 Å². The lowest BCUT2D eigenvalue weighted by Gasteiger charge is -1.97. The van der Waals surface area contributed by atoms with Gasteiger partial charge in [-0.1, -0.05) is 6.08 Å². The van der Waals surface area contributed by atoms with E-state index in [2.05, 4.69) is 36.7 Å². The molecule has 0 rings (SSSR count). The Labute approximate surface area is 82.2 Å². The number of aliphatic hydroxyl groups excluding tert-OH is 1. The zero-order valence-corrected chi connectivity index (χ0v) is 8.16. The molecule has 70 valence electrons. The van der Waals surface area contributed by atoms with Crippen LogP contribution in [-0.4, -0.2) is 22.1 Å². The van der Waals surface area contributed by atoms with Crippen molar-refractivity contribution in [2.75, 3.05) is 6.61 Å². The van der Waals surface area contributed by atoms with Crippen LogP contribution in [0.2, 0.25) is 0 Å². The number of rotatable bonds is 3. The van der Waals surface area contributed by atoms with E-state index < -0.39 is 5.17 Å². The summed E-state index contributed by atoms with van der Waals surface area (Å²) in [4.78, 5) is 0. The van der Waals surface area contributed by atoms with Crippen molar-refractivity contribution in [3.8, 4) is 0 Å². The van der Waals surface area contributed by atoms with Crippen molar-refractivity contribution in [2.45, 2.75) is 6.42 Å². The van der Waals surface area contributed by atoms with Gasteiger partial charge in [-0.2, -0.15) is 0 Å². The van der Waals surface area contributed by atoms with Crippen molar-refractivity contribution < 1.29 is 9.84 Å². The fourth-order valence-corrected chi connectivity index (χ4v) is 0.326. The molecule has 0 aromatic carbocycles. The van der Waals surface area contributed by atoms with Crippen LogP contribution in [-0.2, 0) is 4.74 Å². The molecule has 0 aromatic rings. The molecule has 0 unspecified atom stereocenters. The molecule has 0 atom stereocenters. The third-order valence-electron chi connectivity index (χ3n) is 0.566. The van der Waals surface area contributed by atoms with E-state index in [4.69, 9.17) is 15.6 Å². The molecule has 0 radical (unpaired) electrons. The first-order valence-corrected chi connectivity index (χ1v) is 3.83. The van der Waals surface area contributed by atoms with Gasteiger partial charge in [0.2, 0.25) is 0 Å². The molecule has 0 heterocycles. The van der Waals surface area contributed by atoms with Crippen molar-refractivity contribution in [3.05, 3.63) is 12.7 Å². The highest BCUT2D eigenvalue weighted by molar-refractivity contribution is 7.80. The number of thiocarbonyl (C=S) groups is 2. The highest BCUT2D eigenvalue weighted by Gasteiger charge is 1.83. The van der Waals surface area contributed by atoms with Gasteiger partial charge in [0.15, 0.2) is 0 Å². The van der Waals surface area contributed by atoms with E-state index >= 15 is 0 Å². The van der Waals surface area contributed by atoms with Crippen LogP contribution in [0.4, 0.5) is 0 Å². The minimum atomic E-state index is -0.500.